The van der Waals surface area contributed by atoms with Gasteiger partial charge in [-0.1, -0.05) is 0 Å². The number of allylic oxidation sites excluding steroid dienone is 4. The number of hydrogen-bond acceptors (Lipinski definition) is 4. The Morgan fingerprint density at radius 3 is 1.86 bits per heavy atom. The van der Waals surface area contributed by atoms with Crippen LogP contribution in [0.2, 0.25) is 4.22 Å². The van der Waals surface area contributed by atoms with E-state index >= 15 is 0 Å². The molecule has 0 bridgehead atoms. The molecule has 0 atom stereocenters. The van der Waals surface area contributed by atoms with Crippen LogP contribution < -0.4 is 10.2 Å². The van der Waals surface area contributed by atoms with Crippen LogP contribution in [0, 0.1) is 5.82 Å². The summed E-state index contributed by atoms with van der Waals surface area (Å²) in [4.78, 5) is 12.3. The van der Waals surface area contributed by atoms with Gasteiger partial charge in [-0.2, -0.15) is 14.2 Å². The molecule has 28 heavy (non-hydrogen) atoms. The van der Waals surface area contributed by atoms with E-state index in [2.05, 4.69) is 0 Å². The van der Waals surface area contributed by atoms with Crippen LogP contribution in [0.1, 0.15) is 61.7 Å². The number of fused-ring (bicyclic) bond motifs is 1. The molecule has 0 saturated carbocycles. The van der Waals surface area contributed by atoms with E-state index in [9.17, 15) is 9.18 Å². The van der Waals surface area contributed by atoms with E-state index < -0.39 is 19.5 Å². The van der Waals surface area contributed by atoms with Crippen molar-refractivity contribution in [1.82, 2.24) is 0 Å². The molecule has 0 aliphatic heterocycles. The predicted octanol–water partition coefficient (Wildman–Crippen LogP) is 3.48. The first-order valence-corrected chi connectivity index (χ1v) is 11.3. The summed E-state index contributed by atoms with van der Waals surface area (Å²) < 4.78 is 19.2. The fraction of sp³-hybridized carbons (Fsp3) is 0.500. The van der Waals surface area contributed by atoms with Crippen molar-refractivity contribution in [2.24, 2.45) is 0 Å². The first kappa shape index (κ1) is 23.0. The molecule has 0 heterocycles. The molecule has 3 aliphatic rings. The van der Waals surface area contributed by atoms with Crippen molar-refractivity contribution < 1.29 is 42.3 Å². The van der Waals surface area contributed by atoms with E-state index in [1.54, 1.807) is 22.3 Å². The molecule has 1 aromatic rings. The van der Waals surface area contributed by atoms with Gasteiger partial charge >= 0.3 is 152 Å². The molecule has 0 amide bonds. The molecule has 4 nitrogen and oxygen atoms in total. The molecule has 0 aromatic heterocycles. The first-order valence-electron chi connectivity index (χ1n) is 9.72. The summed E-state index contributed by atoms with van der Waals surface area (Å²) >= 11 is -0.859. The van der Waals surface area contributed by atoms with Crippen molar-refractivity contribution in [3.8, 4) is 0 Å². The van der Waals surface area contributed by atoms with Crippen molar-refractivity contribution in [2.75, 3.05) is 14.2 Å². The Kier molecular flexibility index (Phi) is 9.59. The van der Waals surface area contributed by atoms with E-state index in [0.717, 1.165) is 14.2 Å². The molecule has 0 radical (unpaired) electrons. The van der Waals surface area contributed by atoms with E-state index in [0.29, 0.717) is 9.79 Å². The van der Waals surface area contributed by atoms with Gasteiger partial charge in [-0.25, -0.2) is 0 Å². The summed E-state index contributed by atoms with van der Waals surface area (Å²) in [5.74, 6) is -0.620. The van der Waals surface area contributed by atoms with Gasteiger partial charge in [-0.3, -0.25) is 0 Å². The second-order valence-electron chi connectivity index (χ2n) is 6.87. The fourth-order valence-corrected chi connectivity index (χ4v) is 6.27. The van der Waals surface area contributed by atoms with Gasteiger partial charge < -0.3 is 10.2 Å². The zero-order chi connectivity index (χ0) is 20.5. The molecule has 0 spiro atoms. The third kappa shape index (κ3) is 5.21. The van der Waals surface area contributed by atoms with Crippen molar-refractivity contribution in [2.45, 2.75) is 55.6 Å². The normalized spacial score (nSPS) is 18.0. The molecule has 150 valence electrons. The van der Waals surface area contributed by atoms with Crippen LogP contribution in [0.4, 0.5) is 4.39 Å². The number of halogens is 1. The molecule has 0 N–H and O–H groups in total. The number of benzene rings is 1. The van der Waals surface area contributed by atoms with E-state index in [-0.39, 0.29) is 11.8 Å². The second kappa shape index (κ2) is 11.7. The Bertz CT molecular complexity index is 693. The summed E-state index contributed by atoms with van der Waals surface area (Å²) in [6.45, 7) is 0. The topological polar surface area (TPSA) is 72.4 Å². The zero-order valence-corrected chi connectivity index (χ0v) is 18.1. The monoisotopic (exact) mass is 422 g/mol. The van der Waals surface area contributed by atoms with Crippen LogP contribution in [0.15, 0.2) is 46.6 Å². The maximum absolute atomic E-state index is 13.0. The Balaban J connectivity index is 0.000000660. The van der Waals surface area contributed by atoms with Crippen molar-refractivity contribution in [1.29, 1.82) is 0 Å². The van der Waals surface area contributed by atoms with Crippen molar-refractivity contribution >= 4 is 5.97 Å². The number of carbonyl (C=O) groups is 1. The Morgan fingerprint density at radius 2 is 1.36 bits per heavy atom. The van der Waals surface area contributed by atoms with Crippen LogP contribution in [0.3, 0.4) is 0 Å². The zero-order valence-electron chi connectivity index (χ0n) is 16.6. The van der Waals surface area contributed by atoms with Gasteiger partial charge in [0.05, 0.1) is 0 Å². The molecule has 1 aromatic carbocycles. The summed E-state index contributed by atoms with van der Waals surface area (Å²) in [6, 6.07) is 5.65. The summed E-state index contributed by atoms with van der Waals surface area (Å²) in [7, 11) is 1.50. The quantitative estimate of drug-likeness (QED) is 0.700. The number of carbonyl (C=O) groups excluding carboxylic acids is 1. The van der Waals surface area contributed by atoms with Crippen LogP contribution >= 0.6 is 0 Å². The Hall–Kier alpha value is -1.27. The van der Waals surface area contributed by atoms with Gasteiger partial charge in [0.1, 0.15) is 0 Å². The average molecular weight is 422 g/mol. The first-order chi connectivity index (χ1) is 13.7. The van der Waals surface area contributed by atoms with E-state index in [4.69, 9.17) is 13.5 Å². The molecule has 3 aliphatic carbocycles. The molecule has 0 fully saturated rings. The molecular weight excluding hydrogens is 395 g/mol. The minimum absolute atomic E-state index is 0.294. The number of rotatable bonds is 3. The van der Waals surface area contributed by atoms with Gasteiger partial charge in [0.2, 0.25) is 0 Å². The Morgan fingerprint density at radius 1 is 0.893 bits per heavy atom. The van der Waals surface area contributed by atoms with Gasteiger partial charge in [0, 0.05) is 0 Å². The van der Waals surface area contributed by atoms with Gasteiger partial charge in [0.25, 0.3) is 0 Å². The third-order valence-corrected chi connectivity index (χ3v) is 7.36. The molecule has 4 rings (SSSR count). The van der Waals surface area contributed by atoms with Gasteiger partial charge in [-0.05, 0) is 0 Å². The van der Waals surface area contributed by atoms with Crippen molar-refractivity contribution in [3.63, 3.8) is 0 Å². The van der Waals surface area contributed by atoms with Gasteiger partial charge in [0.15, 0.2) is 0 Å². The summed E-state index contributed by atoms with van der Waals surface area (Å²) in [6.07, 6.45) is 9.97. The molecular formula is C22H27FO4Ti. The third-order valence-electron chi connectivity index (χ3n) is 5.43. The summed E-state index contributed by atoms with van der Waals surface area (Å²) in [5, 5.41) is 16.5. The SMILES string of the molecule is C[O-].C[O-].O=C([O][Ti+2][CH]1C2=C(CCCC2)C2=C1CCCC2)c1ccc(F)cc1. The number of hydrogen-bond donors (Lipinski definition) is 0. The van der Waals surface area contributed by atoms with Crippen LogP contribution in [-0.4, -0.2) is 20.2 Å². The Labute approximate surface area is 175 Å². The average Bonchev–Trinajstić information content (AvgIpc) is 3.09. The van der Waals surface area contributed by atoms with E-state index in [1.807, 2.05) is 0 Å². The minimum atomic E-state index is -0.859. The molecule has 6 heteroatoms. The van der Waals surface area contributed by atoms with Gasteiger partial charge in [-0.15, -0.1) is 0 Å². The fourth-order valence-electron chi connectivity index (χ4n) is 4.29. The van der Waals surface area contributed by atoms with Crippen LogP contribution in [0.25, 0.3) is 0 Å². The molecule has 0 saturated heterocycles. The predicted molar refractivity (Wildman–Crippen MR) is 98.4 cm³/mol. The van der Waals surface area contributed by atoms with Crippen LogP contribution in [-0.2, 0) is 22.9 Å². The maximum atomic E-state index is 13.0. The van der Waals surface area contributed by atoms with Crippen molar-refractivity contribution in [3.05, 3.63) is 57.9 Å². The molecule has 0 unspecified atom stereocenters. The van der Waals surface area contributed by atoms with Crippen LogP contribution in [0.5, 0.6) is 0 Å². The second-order valence-corrected chi connectivity index (χ2v) is 8.46. The summed E-state index contributed by atoms with van der Waals surface area (Å²) in [5.41, 5.74) is 6.90. The van der Waals surface area contributed by atoms with E-state index in [1.165, 1.54) is 75.6 Å². The standard InChI is InChI=1S/C13H17.C7H5FO2.2CH3O.Ti/c1-3-7-12-10(5-1)9-11-6-2-4-8-13(11)12;8-6-3-1-5(2-4-6)7(9)10;2*1-2;/h9H,1-8H2;1-4H,(H,9,10);2*1H3;/q;;2*-1;+3/p-1.